The molecule has 5 heteroatoms. The van der Waals surface area contributed by atoms with Gasteiger partial charge in [-0.25, -0.2) is 4.79 Å². The second-order valence-electron chi connectivity index (χ2n) is 6.47. The van der Waals surface area contributed by atoms with Crippen molar-refractivity contribution < 1.29 is 19.4 Å². The summed E-state index contributed by atoms with van der Waals surface area (Å²) in [7, 11) is 0. The third-order valence-electron chi connectivity index (χ3n) is 4.67. The van der Waals surface area contributed by atoms with E-state index in [2.05, 4.69) is 0 Å². The van der Waals surface area contributed by atoms with Gasteiger partial charge in [-0.3, -0.25) is 4.79 Å². The highest BCUT2D eigenvalue weighted by atomic mass is 16.5. The number of carbonyl (C=O) groups is 2. The number of amides is 1. The Morgan fingerprint density at radius 1 is 1.04 bits per heavy atom. The molecular weight excluding hydrogens is 318 g/mol. The summed E-state index contributed by atoms with van der Waals surface area (Å²) in [6.45, 7) is 3.01. The summed E-state index contributed by atoms with van der Waals surface area (Å²) in [6, 6.07) is 10.5. The minimum atomic E-state index is -0.864. The third-order valence-corrected chi connectivity index (χ3v) is 4.67. The quantitative estimate of drug-likeness (QED) is 0.868. The van der Waals surface area contributed by atoms with Crippen LogP contribution >= 0.6 is 0 Å². The lowest BCUT2D eigenvalue weighted by atomic mass is 10.1. The van der Waals surface area contributed by atoms with Gasteiger partial charge in [0.1, 0.15) is 11.3 Å². The molecule has 0 saturated carbocycles. The van der Waals surface area contributed by atoms with E-state index in [1.165, 1.54) is 6.07 Å². The molecule has 5 nitrogen and oxygen atoms in total. The lowest BCUT2D eigenvalue weighted by Gasteiger charge is -2.24. The van der Waals surface area contributed by atoms with Crippen LogP contribution in [-0.4, -0.2) is 41.1 Å². The van der Waals surface area contributed by atoms with Crippen LogP contribution in [0.4, 0.5) is 0 Å². The molecule has 1 atom stereocenters. The molecule has 0 unspecified atom stereocenters. The molecule has 2 aromatic carbocycles. The van der Waals surface area contributed by atoms with Crippen LogP contribution in [0.1, 0.15) is 43.0 Å². The van der Waals surface area contributed by atoms with E-state index >= 15 is 0 Å². The number of ether oxygens (including phenoxy) is 1. The molecule has 25 heavy (non-hydrogen) atoms. The third kappa shape index (κ3) is 3.76. The van der Waals surface area contributed by atoms with Crippen molar-refractivity contribution in [3.05, 3.63) is 42.0 Å². The second kappa shape index (κ2) is 7.55. The minimum Gasteiger partial charge on any atom is -0.506 e. The molecule has 1 amide bonds. The van der Waals surface area contributed by atoms with Crippen molar-refractivity contribution in [2.75, 3.05) is 13.1 Å². The predicted molar refractivity (Wildman–Crippen MR) is 95.5 cm³/mol. The fourth-order valence-corrected chi connectivity index (χ4v) is 3.24. The summed E-state index contributed by atoms with van der Waals surface area (Å²) in [5, 5.41) is 11.8. The van der Waals surface area contributed by atoms with E-state index in [0.717, 1.165) is 31.1 Å². The van der Waals surface area contributed by atoms with Crippen molar-refractivity contribution in [1.29, 1.82) is 0 Å². The van der Waals surface area contributed by atoms with E-state index in [1.54, 1.807) is 30.0 Å². The average Bonchev–Trinajstić information content (AvgIpc) is 2.90. The van der Waals surface area contributed by atoms with E-state index in [-0.39, 0.29) is 17.2 Å². The van der Waals surface area contributed by atoms with E-state index in [1.807, 2.05) is 12.1 Å². The standard InChI is InChI=1S/C20H23NO4/c1-14(19(23)21-12-6-2-3-7-13-21)25-20(24)17-11-10-15-8-4-5-9-16(15)18(17)22/h4-5,8-11,14,22H,2-3,6-7,12-13H2,1H3/t14-/m0/s1. The largest absolute Gasteiger partial charge is 0.506 e. The van der Waals surface area contributed by atoms with Crippen molar-refractivity contribution in [3.63, 3.8) is 0 Å². The molecular formula is C20H23NO4. The normalized spacial score (nSPS) is 16.3. The molecule has 0 bridgehead atoms. The van der Waals surface area contributed by atoms with Crippen LogP contribution in [0.3, 0.4) is 0 Å². The second-order valence-corrected chi connectivity index (χ2v) is 6.47. The van der Waals surface area contributed by atoms with Crippen LogP contribution < -0.4 is 0 Å². The SMILES string of the molecule is C[C@H](OC(=O)c1ccc2ccccc2c1O)C(=O)N1CCCCCC1. The zero-order valence-corrected chi connectivity index (χ0v) is 14.4. The number of nitrogens with zero attached hydrogens (tertiary/aromatic N) is 1. The monoisotopic (exact) mass is 341 g/mol. The average molecular weight is 341 g/mol. The number of aromatic hydroxyl groups is 1. The first kappa shape index (κ1) is 17.3. The highest BCUT2D eigenvalue weighted by Crippen LogP contribution is 2.29. The summed E-state index contributed by atoms with van der Waals surface area (Å²) in [4.78, 5) is 26.7. The summed E-state index contributed by atoms with van der Waals surface area (Å²) >= 11 is 0. The van der Waals surface area contributed by atoms with Crippen LogP contribution in [0.5, 0.6) is 5.75 Å². The number of esters is 1. The number of rotatable bonds is 3. The molecule has 1 aliphatic rings. The molecule has 2 aromatic rings. The first-order chi connectivity index (χ1) is 12.1. The Kier molecular flexibility index (Phi) is 5.22. The minimum absolute atomic E-state index is 0.0780. The number of fused-ring (bicyclic) bond motifs is 1. The smallest absolute Gasteiger partial charge is 0.342 e. The van der Waals surface area contributed by atoms with Gasteiger partial charge in [0.15, 0.2) is 6.10 Å². The summed E-state index contributed by atoms with van der Waals surface area (Å²) in [5.74, 6) is -0.966. The Hall–Kier alpha value is -2.56. The van der Waals surface area contributed by atoms with Crippen molar-refractivity contribution in [3.8, 4) is 5.75 Å². The Balaban J connectivity index is 1.73. The zero-order chi connectivity index (χ0) is 17.8. The highest BCUT2D eigenvalue weighted by Gasteiger charge is 2.26. The first-order valence-electron chi connectivity index (χ1n) is 8.78. The van der Waals surface area contributed by atoms with Gasteiger partial charge >= 0.3 is 5.97 Å². The molecule has 132 valence electrons. The molecule has 1 saturated heterocycles. The van der Waals surface area contributed by atoms with Crippen LogP contribution in [-0.2, 0) is 9.53 Å². The maximum atomic E-state index is 12.5. The molecule has 0 aromatic heterocycles. The van der Waals surface area contributed by atoms with E-state index in [4.69, 9.17) is 4.74 Å². The van der Waals surface area contributed by atoms with Crippen LogP contribution in [0.15, 0.2) is 36.4 Å². The molecule has 1 N–H and O–H groups in total. The van der Waals surface area contributed by atoms with Gasteiger partial charge in [-0.15, -0.1) is 0 Å². The summed E-state index contributed by atoms with van der Waals surface area (Å²) < 4.78 is 5.33. The van der Waals surface area contributed by atoms with Gasteiger partial charge in [0.05, 0.1) is 0 Å². The number of likely N-dealkylation sites (tertiary alicyclic amines) is 1. The molecule has 1 heterocycles. The maximum absolute atomic E-state index is 12.5. The van der Waals surface area contributed by atoms with Crippen LogP contribution in [0.2, 0.25) is 0 Å². The lowest BCUT2D eigenvalue weighted by Crippen LogP contribution is -2.40. The number of phenols is 1. The first-order valence-corrected chi connectivity index (χ1v) is 8.78. The van der Waals surface area contributed by atoms with Crippen molar-refractivity contribution in [1.82, 2.24) is 4.90 Å². The molecule has 0 radical (unpaired) electrons. The lowest BCUT2D eigenvalue weighted by molar-refractivity contribution is -0.139. The fraction of sp³-hybridized carbons (Fsp3) is 0.400. The number of hydrogen-bond acceptors (Lipinski definition) is 4. The van der Waals surface area contributed by atoms with E-state index in [0.29, 0.717) is 18.5 Å². The van der Waals surface area contributed by atoms with Crippen molar-refractivity contribution in [2.24, 2.45) is 0 Å². The molecule has 3 rings (SSSR count). The Morgan fingerprint density at radius 2 is 1.72 bits per heavy atom. The van der Waals surface area contributed by atoms with Gasteiger partial charge in [-0.2, -0.15) is 0 Å². The van der Waals surface area contributed by atoms with Crippen molar-refractivity contribution >= 4 is 22.6 Å². The number of hydrogen-bond donors (Lipinski definition) is 1. The van der Waals surface area contributed by atoms with Gasteiger partial charge in [0.25, 0.3) is 5.91 Å². The fourth-order valence-electron chi connectivity index (χ4n) is 3.24. The van der Waals surface area contributed by atoms with Gasteiger partial charge in [-0.1, -0.05) is 43.2 Å². The van der Waals surface area contributed by atoms with Gasteiger partial charge < -0.3 is 14.7 Å². The number of phenolic OH excluding ortho intramolecular Hbond substituents is 1. The Labute approximate surface area is 147 Å². The van der Waals surface area contributed by atoms with Crippen molar-refractivity contribution in [2.45, 2.75) is 38.7 Å². The molecule has 0 spiro atoms. The number of carbonyl (C=O) groups excluding carboxylic acids is 2. The Morgan fingerprint density at radius 3 is 2.44 bits per heavy atom. The van der Waals surface area contributed by atoms with Gasteiger partial charge in [0, 0.05) is 18.5 Å². The topological polar surface area (TPSA) is 66.8 Å². The summed E-state index contributed by atoms with van der Waals surface area (Å²) in [6.07, 6.45) is 3.36. The molecule has 1 aliphatic heterocycles. The molecule has 0 aliphatic carbocycles. The highest BCUT2D eigenvalue weighted by molar-refractivity contribution is 6.01. The molecule has 1 fully saturated rings. The van der Waals surface area contributed by atoms with Gasteiger partial charge in [-0.05, 0) is 31.2 Å². The summed E-state index contributed by atoms with van der Waals surface area (Å²) in [5.41, 5.74) is 0.0780. The van der Waals surface area contributed by atoms with E-state index in [9.17, 15) is 14.7 Å². The van der Waals surface area contributed by atoms with E-state index < -0.39 is 12.1 Å². The maximum Gasteiger partial charge on any atom is 0.342 e. The zero-order valence-electron chi connectivity index (χ0n) is 14.4. The van der Waals surface area contributed by atoms with Crippen LogP contribution in [0, 0.1) is 0 Å². The predicted octanol–water partition coefficient (Wildman–Crippen LogP) is 3.49. The van der Waals surface area contributed by atoms with Gasteiger partial charge in [0.2, 0.25) is 0 Å². The Bertz CT molecular complexity index is 778. The van der Waals surface area contributed by atoms with Crippen LogP contribution in [0.25, 0.3) is 10.8 Å². The number of benzene rings is 2.